The van der Waals surface area contributed by atoms with Gasteiger partial charge in [-0.05, 0) is 30.7 Å². The molecular weight excluding hydrogens is 241 g/mol. The highest BCUT2D eigenvalue weighted by molar-refractivity contribution is 5.76. The fourth-order valence-corrected chi connectivity index (χ4v) is 1.70. The highest BCUT2D eigenvalue weighted by Crippen LogP contribution is 2.34. The van der Waals surface area contributed by atoms with Crippen LogP contribution in [0.15, 0.2) is 36.7 Å². The first-order chi connectivity index (χ1) is 8.38. The third-order valence-electron chi connectivity index (χ3n) is 2.56. The number of pyridine rings is 1. The van der Waals surface area contributed by atoms with Crippen LogP contribution in [0.2, 0.25) is 0 Å². The molecule has 0 amide bonds. The summed E-state index contributed by atoms with van der Waals surface area (Å²) in [7, 11) is 0. The van der Waals surface area contributed by atoms with Gasteiger partial charge in [0.05, 0.1) is 5.56 Å². The number of halogens is 3. The average molecular weight is 252 g/mol. The molecule has 0 spiro atoms. The maximum Gasteiger partial charge on any atom is 0.416 e. The largest absolute Gasteiger partial charge is 0.416 e. The van der Waals surface area contributed by atoms with Gasteiger partial charge in [-0.25, -0.2) is 0 Å². The quantitative estimate of drug-likeness (QED) is 0.786. The number of anilines is 1. The van der Waals surface area contributed by atoms with Crippen LogP contribution in [0.5, 0.6) is 0 Å². The minimum atomic E-state index is -4.38. The number of aromatic nitrogens is 1. The number of nitrogen functional groups attached to an aromatic ring is 1. The van der Waals surface area contributed by atoms with E-state index in [1.54, 1.807) is 12.4 Å². The lowest BCUT2D eigenvalue weighted by Crippen LogP contribution is -2.06. The van der Waals surface area contributed by atoms with Gasteiger partial charge in [-0.2, -0.15) is 13.2 Å². The molecule has 0 bridgehead atoms. The summed E-state index contributed by atoms with van der Waals surface area (Å²) in [5.74, 6) is 0. The smallest absolute Gasteiger partial charge is 0.398 e. The van der Waals surface area contributed by atoms with Crippen molar-refractivity contribution >= 4 is 5.69 Å². The molecule has 2 aromatic rings. The molecule has 2 N–H and O–H groups in total. The fraction of sp³-hybridized carbons (Fsp3) is 0.154. The first-order valence-electron chi connectivity index (χ1n) is 5.26. The molecule has 0 saturated heterocycles. The molecule has 1 aromatic carbocycles. The van der Waals surface area contributed by atoms with Crippen molar-refractivity contribution in [3.63, 3.8) is 0 Å². The lowest BCUT2D eigenvalue weighted by Gasteiger charge is -2.11. The third kappa shape index (κ3) is 2.45. The van der Waals surface area contributed by atoms with Gasteiger partial charge in [0, 0.05) is 29.2 Å². The molecule has 1 aromatic heterocycles. The van der Waals surface area contributed by atoms with E-state index in [0.717, 1.165) is 17.7 Å². The Morgan fingerprint density at radius 2 is 1.83 bits per heavy atom. The predicted octanol–water partition coefficient (Wildman–Crippen LogP) is 3.66. The van der Waals surface area contributed by atoms with E-state index >= 15 is 0 Å². The van der Waals surface area contributed by atoms with Crippen LogP contribution in [-0.4, -0.2) is 4.98 Å². The molecule has 0 fully saturated rings. The van der Waals surface area contributed by atoms with Crippen molar-refractivity contribution in [1.82, 2.24) is 4.98 Å². The first-order valence-corrected chi connectivity index (χ1v) is 5.26. The molecule has 0 radical (unpaired) electrons. The topological polar surface area (TPSA) is 38.9 Å². The predicted molar refractivity (Wildman–Crippen MR) is 63.8 cm³/mol. The molecule has 1 heterocycles. The zero-order valence-corrected chi connectivity index (χ0v) is 9.62. The van der Waals surface area contributed by atoms with E-state index in [-0.39, 0.29) is 5.69 Å². The Morgan fingerprint density at radius 3 is 2.39 bits per heavy atom. The van der Waals surface area contributed by atoms with Crippen LogP contribution >= 0.6 is 0 Å². The summed E-state index contributed by atoms with van der Waals surface area (Å²) in [5, 5.41) is 0. The summed E-state index contributed by atoms with van der Waals surface area (Å²) in [6, 6.07) is 5.16. The van der Waals surface area contributed by atoms with Gasteiger partial charge < -0.3 is 5.73 Å². The van der Waals surface area contributed by atoms with Crippen molar-refractivity contribution in [2.24, 2.45) is 0 Å². The number of alkyl halides is 3. The number of benzene rings is 1. The third-order valence-corrected chi connectivity index (χ3v) is 2.56. The van der Waals surface area contributed by atoms with Crippen molar-refractivity contribution in [3.8, 4) is 11.1 Å². The van der Waals surface area contributed by atoms with Gasteiger partial charge in [-0.3, -0.25) is 4.98 Å². The lowest BCUT2D eigenvalue weighted by atomic mass is 10.0. The van der Waals surface area contributed by atoms with Crippen LogP contribution in [0.4, 0.5) is 18.9 Å². The summed E-state index contributed by atoms with van der Waals surface area (Å²) < 4.78 is 37.5. The van der Waals surface area contributed by atoms with E-state index in [2.05, 4.69) is 4.98 Å². The molecule has 5 heteroatoms. The van der Waals surface area contributed by atoms with E-state index < -0.39 is 11.7 Å². The number of aryl methyl sites for hydroxylation is 1. The number of rotatable bonds is 1. The molecule has 2 nitrogen and oxygen atoms in total. The van der Waals surface area contributed by atoms with Gasteiger partial charge in [0.1, 0.15) is 0 Å². The molecule has 0 saturated carbocycles. The Morgan fingerprint density at radius 1 is 1.11 bits per heavy atom. The Balaban J connectivity index is 2.48. The second kappa shape index (κ2) is 4.33. The molecule has 0 aliphatic rings. The number of nitrogens with zero attached hydrogens (tertiary/aromatic N) is 1. The van der Waals surface area contributed by atoms with Gasteiger partial charge in [0.25, 0.3) is 0 Å². The number of nitrogens with two attached hydrogens (primary N) is 1. The second-order valence-corrected chi connectivity index (χ2v) is 4.05. The Kier molecular flexibility index (Phi) is 2.98. The number of hydrogen-bond acceptors (Lipinski definition) is 2. The molecular formula is C13H11F3N2. The summed E-state index contributed by atoms with van der Waals surface area (Å²) >= 11 is 0. The highest BCUT2D eigenvalue weighted by atomic mass is 19.4. The van der Waals surface area contributed by atoms with E-state index in [4.69, 9.17) is 5.73 Å². The van der Waals surface area contributed by atoms with Crippen LogP contribution in [0.25, 0.3) is 11.1 Å². The van der Waals surface area contributed by atoms with Gasteiger partial charge >= 0.3 is 6.18 Å². The average Bonchev–Trinajstić information content (AvgIpc) is 2.27. The maximum absolute atomic E-state index is 12.5. The van der Waals surface area contributed by atoms with Crippen LogP contribution in [0.3, 0.4) is 0 Å². The van der Waals surface area contributed by atoms with E-state index in [9.17, 15) is 13.2 Å². The van der Waals surface area contributed by atoms with Crippen molar-refractivity contribution in [1.29, 1.82) is 0 Å². The van der Waals surface area contributed by atoms with Crippen molar-refractivity contribution < 1.29 is 13.2 Å². The minimum absolute atomic E-state index is 0.0947. The van der Waals surface area contributed by atoms with E-state index in [1.165, 1.54) is 6.07 Å². The zero-order chi connectivity index (χ0) is 13.3. The van der Waals surface area contributed by atoms with E-state index in [0.29, 0.717) is 11.1 Å². The SMILES string of the molecule is Cc1cncc(-c2ccc(C(F)(F)F)cc2N)c1. The first kappa shape index (κ1) is 12.4. The van der Waals surface area contributed by atoms with Crippen LogP contribution in [0, 0.1) is 6.92 Å². The van der Waals surface area contributed by atoms with Crippen LogP contribution in [0.1, 0.15) is 11.1 Å². The van der Waals surface area contributed by atoms with E-state index in [1.807, 2.05) is 13.0 Å². The molecule has 0 atom stereocenters. The van der Waals surface area contributed by atoms with Crippen molar-refractivity contribution in [2.45, 2.75) is 13.1 Å². The zero-order valence-electron chi connectivity index (χ0n) is 9.62. The normalized spacial score (nSPS) is 11.6. The summed E-state index contributed by atoms with van der Waals surface area (Å²) in [6.07, 6.45) is -1.13. The molecule has 0 aliphatic heterocycles. The molecule has 2 rings (SSSR count). The standard InChI is InChI=1S/C13H11F3N2/c1-8-4-9(7-18-6-8)11-3-2-10(5-12(11)17)13(14,15)16/h2-7H,17H2,1H3. The van der Waals surface area contributed by atoms with Crippen LogP contribution < -0.4 is 5.73 Å². The molecule has 94 valence electrons. The minimum Gasteiger partial charge on any atom is -0.398 e. The molecule has 0 aliphatic carbocycles. The van der Waals surface area contributed by atoms with Crippen LogP contribution in [-0.2, 0) is 6.18 Å². The van der Waals surface area contributed by atoms with Crippen molar-refractivity contribution in [2.75, 3.05) is 5.73 Å². The monoisotopic (exact) mass is 252 g/mol. The molecule has 18 heavy (non-hydrogen) atoms. The summed E-state index contributed by atoms with van der Waals surface area (Å²) in [5.41, 5.74) is 7.21. The lowest BCUT2D eigenvalue weighted by molar-refractivity contribution is -0.137. The summed E-state index contributed by atoms with van der Waals surface area (Å²) in [4.78, 5) is 4.00. The van der Waals surface area contributed by atoms with Gasteiger partial charge in [-0.15, -0.1) is 0 Å². The van der Waals surface area contributed by atoms with Crippen molar-refractivity contribution in [3.05, 3.63) is 47.8 Å². The highest BCUT2D eigenvalue weighted by Gasteiger charge is 2.30. The maximum atomic E-state index is 12.5. The Hall–Kier alpha value is -2.04. The Labute approximate surface area is 102 Å². The molecule has 0 unspecified atom stereocenters. The Bertz CT molecular complexity index is 577. The van der Waals surface area contributed by atoms with Gasteiger partial charge in [0.15, 0.2) is 0 Å². The number of hydrogen-bond donors (Lipinski definition) is 1. The fourth-order valence-electron chi connectivity index (χ4n) is 1.70. The van der Waals surface area contributed by atoms with Gasteiger partial charge in [-0.1, -0.05) is 6.07 Å². The second-order valence-electron chi connectivity index (χ2n) is 4.05. The summed E-state index contributed by atoms with van der Waals surface area (Å²) in [6.45, 7) is 1.86. The van der Waals surface area contributed by atoms with Gasteiger partial charge in [0.2, 0.25) is 0 Å².